The molecule has 2 atom stereocenters. The highest BCUT2D eigenvalue weighted by molar-refractivity contribution is 7.16. The van der Waals surface area contributed by atoms with Gasteiger partial charge in [0.05, 0.1) is 16.5 Å². The minimum atomic E-state index is 0.155. The molecule has 0 aromatic carbocycles. The molecule has 19 heavy (non-hydrogen) atoms. The Bertz CT molecular complexity index is 379. The first-order valence-corrected chi connectivity index (χ1v) is 8.17. The van der Waals surface area contributed by atoms with Gasteiger partial charge in [-0.15, -0.1) is 11.3 Å². The summed E-state index contributed by atoms with van der Waals surface area (Å²) in [5, 5.41) is 0. The van der Waals surface area contributed by atoms with Crippen LogP contribution in [0.2, 0.25) is 4.34 Å². The van der Waals surface area contributed by atoms with Crippen LogP contribution >= 0.6 is 22.9 Å². The summed E-state index contributed by atoms with van der Waals surface area (Å²) in [5.74, 6) is 6.37. The van der Waals surface area contributed by atoms with Crippen molar-refractivity contribution in [2.24, 2.45) is 11.8 Å². The molecule has 1 aromatic heterocycles. The summed E-state index contributed by atoms with van der Waals surface area (Å²) >= 11 is 7.61. The molecule has 3 N–H and O–H groups in total. The van der Waals surface area contributed by atoms with Gasteiger partial charge in [-0.25, -0.2) is 0 Å². The topological polar surface area (TPSA) is 47.3 Å². The average Bonchev–Trinajstić information content (AvgIpc) is 2.85. The van der Waals surface area contributed by atoms with Crippen molar-refractivity contribution >= 4 is 22.9 Å². The third-order valence-electron chi connectivity index (χ3n) is 4.05. The van der Waals surface area contributed by atoms with Gasteiger partial charge < -0.3 is 4.74 Å². The third-order valence-corrected chi connectivity index (χ3v) is 5.30. The summed E-state index contributed by atoms with van der Waals surface area (Å²) in [5.41, 5.74) is 2.95. The Hall–Kier alpha value is -0.130. The molecule has 1 aliphatic rings. The SMILES string of the molecule is COC(C1CCCCC1)C(Cc1ccc(Cl)s1)NN. The smallest absolute Gasteiger partial charge is 0.0931 e. The molecular weight excluding hydrogens is 280 g/mol. The number of hydrazine groups is 1. The van der Waals surface area contributed by atoms with Gasteiger partial charge in [0.1, 0.15) is 0 Å². The predicted molar refractivity (Wildman–Crippen MR) is 81.5 cm³/mol. The molecule has 1 saturated carbocycles. The molecule has 2 unspecified atom stereocenters. The summed E-state index contributed by atoms with van der Waals surface area (Å²) < 4.78 is 6.58. The number of halogens is 1. The first-order chi connectivity index (χ1) is 9.24. The Kier molecular flexibility index (Phi) is 6.10. The second-order valence-electron chi connectivity index (χ2n) is 5.28. The van der Waals surface area contributed by atoms with Gasteiger partial charge in [-0.3, -0.25) is 11.3 Å². The number of thiophene rings is 1. The van der Waals surface area contributed by atoms with E-state index in [4.69, 9.17) is 22.2 Å². The largest absolute Gasteiger partial charge is 0.379 e. The van der Waals surface area contributed by atoms with E-state index in [1.807, 2.05) is 6.07 Å². The summed E-state index contributed by atoms with van der Waals surface area (Å²) in [6, 6.07) is 4.17. The molecule has 1 heterocycles. The third kappa shape index (κ3) is 4.17. The fraction of sp³-hybridized carbons (Fsp3) is 0.714. The maximum atomic E-state index is 5.98. The number of hydrogen-bond donors (Lipinski definition) is 2. The quantitative estimate of drug-likeness (QED) is 0.625. The highest BCUT2D eigenvalue weighted by Crippen LogP contribution is 2.31. The first kappa shape index (κ1) is 15.3. The van der Waals surface area contributed by atoms with Crippen molar-refractivity contribution < 1.29 is 4.74 Å². The van der Waals surface area contributed by atoms with Crippen LogP contribution < -0.4 is 11.3 Å². The highest BCUT2D eigenvalue weighted by atomic mass is 35.5. The van der Waals surface area contributed by atoms with Crippen LogP contribution in [0.4, 0.5) is 0 Å². The maximum Gasteiger partial charge on any atom is 0.0931 e. The number of rotatable bonds is 6. The minimum Gasteiger partial charge on any atom is -0.379 e. The molecule has 0 saturated heterocycles. The number of nitrogens with two attached hydrogens (primary N) is 1. The van der Waals surface area contributed by atoms with Crippen LogP contribution in [0.1, 0.15) is 37.0 Å². The lowest BCUT2D eigenvalue weighted by atomic mass is 9.82. The molecule has 0 radical (unpaired) electrons. The summed E-state index contributed by atoms with van der Waals surface area (Å²) in [7, 11) is 1.80. The molecule has 0 aliphatic heterocycles. The van der Waals surface area contributed by atoms with Crippen LogP contribution in [0.15, 0.2) is 12.1 Å². The molecule has 1 aromatic rings. The zero-order valence-corrected chi connectivity index (χ0v) is 13.0. The van der Waals surface area contributed by atoms with Gasteiger partial charge in [-0.2, -0.15) is 0 Å². The van der Waals surface area contributed by atoms with Crippen LogP contribution in [-0.2, 0) is 11.2 Å². The number of nitrogens with one attached hydrogen (secondary N) is 1. The van der Waals surface area contributed by atoms with Crippen molar-refractivity contribution in [2.45, 2.75) is 50.7 Å². The van der Waals surface area contributed by atoms with E-state index in [1.54, 1.807) is 18.4 Å². The summed E-state index contributed by atoms with van der Waals surface area (Å²) in [6.45, 7) is 0. The Balaban J connectivity index is 2.00. The molecule has 0 spiro atoms. The molecule has 108 valence electrons. The number of ether oxygens (including phenoxy) is 1. The van der Waals surface area contributed by atoms with Crippen molar-refractivity contribution in [3.8, 4) is 0 Å². The molecule has 1 fully saturated rings. The highest BCUT2D eigenvalue weighted by Gasteiger charge is 2.30. The van der Waals surface area contributed by atoms with Crippen molar-refractivity contribution in [3.63, 3.8) is 0 Å². The van der Waals surface area contributed by atoms with Crippen LogP contribution in [-0.4, -0.2) is 19.3 Å². The van der Waals surface area contributed by atoms with Gasteiger partial charge in [-0.1, -0.05) is 30.9 Å². The standard InChI is InChI=1S/C14H23ClN2OS/c1-18-14(10-5-3-2-4-6-10)12(17-16)9-11-7-8-13(15)19-11/h7-8,10,12,14,17H,2-6,9,16H2,1H3. The summed E-state index contributed by atoms with van der Waals surface area (Å²) in [6.07, 6.45) is 7.55. The van der Waals surface area contributed by atoms with Gasteiger partial charge in [-0.05, 0) is 30.9 Å². The Morgan fingerprint density at radius 2 is 2.16 bits per heavy atom. The molecule has 3 nitrogen and oxygen atoms in total. The van der Waals surface area contributed by atoms with E-state index in [0.29, 0.717) is 5.92 Å². The second kappa shape index (κ2) is 7.60. The fourth-order valence-electron chi connectivity index (χ4n) is 3.10. The fourth-order valence-corrected chi connectivity index (χ4v) is 4.24. The summed E-state index contributed by atoms with van der Waals surface area (Å²) in [4.78, 5) is 1.26. The van der Waals surface area contributed by atoms with Crippen LogP contribution in [0.5, 0.6) is 0 Å². The molecule has 5 heteroatoms. The Morgan fingerprint density at radius 1 is 1.42 bits per heavy atom. The van der Waals surface area contributed by atoms with E-state index in [9.17, 15) is 0 Å². The lowest BCUT2D eigenvalue weighted by Gasteiger charge is -2.34. The lowest BCUT2D eigenvalue weighted by molar-refractivity contribution is 0.00846. The van der Waals surface area contributed by atoms with Crippen molar-refractivity contribution in [3.05, 3.63) is 21.3 Å². The first-order valence-electron chi connectivity index (χ1n) is 6.97. The van der Waals surface area contributed by atoms with E-state index in [-0.39, 0.29) is 12.1 Å². The maximum absolute atomic E-state index is 5.98. The molecule has 0 bridgehead atoms. The van der Waals surface area contributed by atoms with E-state index >= 15 is 0 Å². The van der Waals surface area contributed by atoms with Gasteiger partial charge in [0, 0.05) is 18.4 Å². The van der Waals surface area contributed by atoms with Crippen molar-refractivity contribution in [1.29, 1.82) is 0 Å². The monoisotopic (exact) mass is 302 g/mol. The van der Waals surface area contributed by atoms with Gasteiger partial charge in [0.2, 0.25) is 0 Å². The van der Waals surface area contributed by atoms with Crippen LogP contribution in [0.3, 0.4) is 0 Å². The van der Waals surface area contributed by atoms with Crippen LogP contribution in [0.25, 0.3) is 0 Å². The van der Waals surface area contributed by atoms with Crippen molar-refractivity contribution in [2.75, 3.05) is 7.11 Å². The molecule has 0 amide bonds. The average molecular weight is 303 g/mol. The molecule has 1 aliphatic carbocycles. The van der Waals surface area contributed by atoms with Crippen molar-refractivity contribution in [1.82, 2.24) is 5.43 Å². The number of methoxy groups -OCH3 is 1. The van der Waals surface area contributed by atoms with E-state index in [1.165, 1.54) is 37.0 Å². The van der Waals surface area contributed by atoms with Gasteiger partial charge >= 0.3 is 0 Å². The Morgan fingerprint density at radius 3 is 2.68 bits per heavy atom. The normalized spacial score (nSPS) is 20.4. The predicted octanol–water partition coefficient (Wildman–Crippen LogP) is 3.37. The molecule has 2 rings (SSSR count). The molecular formula is C14H23ClN2OS. The number of hydrogen-bond acceptors (Lipinski definition) is 4. The second-order valence-corrected chi connectivity index (χ2v) is 7.08. The zero-order chi connectivity index (χ0) is 13.7. The Labute approximate surface area is 124 Å². The van der Waals surface area contributed by atoms with E-state index in [0.717, 1.165) is 10.8 Å². The van der Waals surface area contributed by atoms with E-state index < -0.39 is 0 Å². The van der Waals surface area contributed by atoms with Gasteiger partial charge in [0.25, 0.3) is 0 Å². The minimum absolute atomic E-state index is 0.155. The lowest BCUT2D eigenvalue weighted by Crippen LogP contribution is -2.49. The van der Waals surface area contributed by atoms with Gasteiger partial charge in [0.15, 0.2) is 0 Å². The van der Waals surface area contributed by atoms with E-state index in [2.05, 4.69) is 11.5 Å². The zero-order valence-electron chi connectivity index (χ0n) is 11.4. The van der Waals surface area contributed by atoms with Crippen LogP contribution in [0, 0.1) is 5.92 Å².